The summed E-state index contributed by atoms with van der Waals surface area (Å²) >= 11 is 0. The van der Waals surface area contributed by atoms with Crippen LogP contribution in [0.5, 0.6) is 0 Å². The Morgan fingerprint density at radius 1 is 0.945 bits per heavy atom. The topological polar surface area (TPSA) is 147 Å². The van der Waals surface area contributed by atoms with E-state index in [1.54, 1.807) is 27.2 Å². The molecule has 3 saturated heterocycles. The first kappa shape index (κ1) is 37.0. The summed E-state index contributed by atoms with van der Waals surface area (Å²) in [6, 6.07) is 22.8. The molecule has 7 atom stereocenters. The van der Waals surface area contributed by atoms with Gasteiger partial charge in [-0.2, -0.15) is 5.06 Å². The first-order chi connectivity index (χ1) is 26.5. The Bertz CT molecular complexity index is 1980. The van der Waals surface area contributed by atoms with Crippen molar-refractivity contribution >= 4 is 29.8 Å². The van der Waals surface area contributed by atoms with Crippen molar-refractivity contribution in [1.29, 1.82) is 0 Å². The third-order valence-corrected chi connectivity index (χ3v) is 11.6. The summed E-state index contributed by atoms with van der Waals surface area (Å²) in [5, 5.41) is 13.8. The second-order valence-electron chi connectivity index (χ2n) is 15.4. The zero-order valence-electron chi connectivity index (χ0n) is 31.1. The number of amides is 3. The van der Waals surface area contributed by atoms with Gasteiger partial charge in [-0.25, -0.2) is 0 Å². The number of carbonyl (C=O) groups is 4. The lowest BCUT2D eigenvalue weighted by Gasteiger charge is -2.50. The van der Waals surface area contributed by atoms with Gasteiger partial charge >= 0.3 is 5.97 Å². The number of carbonyl (C=O) groups excluding carboxylic acids is 4. The van der Waals surface area contributed by atoms with Gasteiger partial charge in [-0.1, -0.05) is 78.9 Å². The van der Waals surface area contributed by atoms with Crippen molar-refractivity contribution in [3.8, 4) is 0 Å². The number of hydrogen-bond donors (Lipinski definition) is 2. The molecule has 2 aliphatic carbocycles. The van der Waals surface area contributed by atoms with Crippen molar-refractivity contribution in [2.24, 2.45) is 5.41 Å². The quantitative estimate of drug-likeness (QED) is 0.221. The summed E-state index contributed by atoms with van der Waals surface area (Å²) in [4.78, 5) is 65.5. The maximum atomic E-state index is 15.4. The van der Waals surface area contributed by atoms with Crippen molar-refractivity contribution in [2.75, 3.05) is 34.3 Å². The fraction of sp³-hybridized carbons (Fsp3) is 0.429. The van der Waals surface area contributed by atoms with Gasteiger partial charge in [-0.05, 0) is 33.9 Å². The number of hydrogen-bond acceptors (Lipinski definition) is 10. The number of hydroxylamine groups is 2. The van der Waals surface area contributed by atoms with E-state index in [9.17, 15) is 19.5 Å². The van der Waals surface area contributed by atoms with Crippen LogP contribution in [0.4, 0.5) is 0 Å². The van der Waals surface area contributed by atoms with E-state index in [0.717, 1.165) is 27.8 Å². The van der Waals surface area contributed by atoms with Crippen LogP contribution >= 0.6 is 0 Å². The van der Waals surface area contributed by atoms with Gasteiger partial charge in [-0.3, -0.25) is 24.0 Å². The number of ether oxygens (including phenoxy) is 3. The molecule has 2 bridgehead atoms. The van der Waals surface area contributed by atoms with E-state index in [1.165, 1.54) is 20.9 Å². The Kier molecular flexibility index (Phi) is 9.85. The second kappa shape index (κ2) is 14.6. The van der Waals surface area contributed by atoms with Crippen LogP contribution < -0.4 is 5.32 Å². The minimum atomic E-state index is -1.50. The zero-order chi connectivity index (χ0) is 38.5. The van der Waals surface area contributed by atoms with E-state index in [-0.39, 0.29) is 38.4 Å². The van der Waals surface area contributed by atoms with Crippen LogP contribution in [-0.2, 0) is 64.0 Å². The molecule has 4 fully saturated rings. The number of nitrogens with one attached hydrogen (secondary N) is 1. The van der Waals surface area contributed by atoms with Crippen molar-refractivity contribution < 1.29 is 43.3 Å². The number of likely N-dealkylation sites (N-methyl/N-ethyl adjacent to an activating group) is 2. The number of nitrogens with zero attached hydrogens (tertiary/aromatic N) is 3. The Morgan fingerprint density at radius 3 is 2.35 bits per heavy atom. The van der Waals surface area contributed by atoms with Gasteiger partial charge in [0.1, 0.15) is 35.9 Å². The number of fused-ring (bicyclic) bond motifs is 5. The lowest BCUT2D eigenvalue weighted by molar-refractivity contribution is -0.218. The van der Waals surface area contributed by atoms with Crippen LogP contribution in [0.3, 0.4) is 0 Å². The summed E-state index contributed by atoms with van der Waals surface area (Å²) in [5.74, 6) is -2.66. The van der Waals surface area contributed by atoms with Crippen molar-refractivity contribution in [3.05, 3.63) is 113 Å². The number of aliphatic hydroxyl groups is 1. The van der Waals surface area contributed by atoms with E-state index in [0.29, 0.717) is 12.8 Å². The average molecular weight is 751 g/mol. The van der Waals surface area contributed by atoms with Crippen LogP contribution in [0.25, 0.3) is 6.08 Å². The predicted molar refractivity (Wildman–Crippen MR) is 198 cm³/mol. The van der Waals surface area contributed by atoms with Crippen LogP contribution in [0, 0.1) is 5.41 Å². The highest BCUT2D eigenvalue weighted by Crippen LogP contribution is 2.59. The van der Waals surface area contributed by atoms with Gasteiger partial charge in [0.15, 0.2) is 11.8 Å². The molecule has 5 aliphatic rings. The molecule has 55 heavy (non-hydrogen) atoms. The van der Waals surface area contributed by atoms with Crippen LogP contribution in [-0.4, -0.2) is 120 Å². The predicted octanol–water partition coefficient (Wildman–Crippen LogP) is 2.05. The largest absolute Gasteiger partial charge is 0.458 e. The number of benzene rings is 3. The molecular weight excluding hydrogens is 704 g/mol. The van der Waals surface area contributed by atoms with Gasteiger partial charge in [0, 0.05) is 59.4 Å². The lowest BCUT2D eigenvalue weighted by atomic mass is 9.62. The fourth-order valence-corrected chi connectivity index (χ4v) is 9.04. The molecule has 3 aromatic rings. The number of aliphatic hydroxyl groups excluding tert-OH is 1. The number of esters is 1. The molecule has 3 heterocycles. The first-order valence-corrected chi connectivity index (χ1v) is 18.8. The van der Waals surface area contributed by atoms with Gasteiger partial charge in [-0.15, -0.1) is 0 Å². The molecule has 288 valence electrons. The minimum absolute atomic E-state index is 0.0186. The molecule has 1 spiro atoms. The monoisotopic (exact) mass is 750 g/mol. The SMILES string of the molecule is CN(C)C(=O)C=Cc1cccc(CN2OC3C4OC5(Cc6ccccc6C5)OC4C4CC3(C(=O)N(C)C(Cc3ccccc3)C(=O)NCCO)C2C(=O)O4)c1. The van der Waals surface area contributed by atoms with Gasteiger partial charge in [0.25, 0.3) is 0 Å². The van der Waals surface area contributed by atoms with Crippen LogP contribution in [0.15, 0.2) is 84.9 Å². The summed E-state index contributed by atoms with van der Waals surface area (Å²) in [6.07, 6.45) is 1.30. The highest BCUT2D eigenvalue weighted by atomic mass is 16.8. The molecule has 2 N–H and O–H groups in total. The molecule has 0 aromatic heterocycles. The molecule has 3 aliphatic heterocycles. The summed E-state index contributed by atoms with van der Waals surface area (Å²) in [7, 11) is 4.94. The maximum absolute atomic E-state index is 15.4. The summed E-state index contributed by atoms with van der Waals surface area (Å²) < 4.78 is 19.8. The van der Waals surface area contributed by atoms with Crippen molar-refractivity contribution in [1.82, 2.24) is 20.2 Å². The Balaban J connectivity index is 1.16. The molecule has 13 nitrogen and oxygen atoms in total. The Hall–Kier alpha value is -4.92. The second-order valence-corrected chi connectivity index (χ2v) is 15.4. The average Bonchev–Trinajstić information content (AvgIpc) is 3.86. The third-order valence-electron chi connectivity index (χ3n) is 11.6. The highest BCUT2D eigenvalue weighted by Gasteiger charge is 2.77. The molecule has 1 saturated carbocycles. The van der Waals surface area contributed by atoms with Crippen molar-refractivity contribution in [2.45, 2.75) is 74.5 Å². The Morgan fingerprint density at radius 2 is 1.64 bits per heavy atom. The maximum Gasteiger partial charge on any atom is 0.327 e. The van der Waals surface area contributed by atoms with Crippen LogP contribution in [0.2, 0.25) is 0 Å². The van der Waals surface area contributed by atoms with E-state index in [2.05, 4.69) is 17.4 Å². The molecule has 8 rings (SSSR count). The van der Waals surface area contributed by atoms with Gasteiger partial charge in [0.2, 0.25) is 17.7 Å². The van der Waals surface area contributed by atoms with Crippen molar-refractivity contribution in [3.63, 3.8) is 0 Å². The van der Waals surface area contributed by atoms with Gasteiger partial charge in [0.05, 0.1) is 13.2 Å². The molecule has 13 heteroatoms. The molecule has 3 aromatic carbocycles. The summed E-state index contributed by atoms with van der Waals surface area (Å²) in [6.45, 7) is -0.131. The van der Waals surface area contributed by atoms with Crippen LogP contribution in [0.1, 0.15) is 34.2 Å². The van der Waals surface area contributed by atoms with E-state index in [1.807, 2.05) is 66.7 Å². The standard InChI is InChI=1S/C42H46N4O9/c1-44(2)33(48)17-16-27-12-9-13-28(20-27)25-46-36-39(50)52-32-24-42(36,40(51)45(3)31(38(49)43-18-19-47)21-26-10-5-4-6-11-26)37(55-46)35-34(32)53-41(54-35)22-29-14-7-8-15-30(29)23-41/h4-17,20,31-32,34-37,47H,18-19,21-25H2,1-3H3,(H,43,49). The van der Waals surface area contributed by atoms with Gasteiger partial charge < -0.3 is 34.4 Å². The van der Waals surface area contributed by atoms with E-state index < -0.39 is 65.5 Å². The highest BCUT2D eigenvalue weighted by molar-refractivity contribution is 5.96. The summed E-state index contributed by atoms with van der Waals surface area (Å²) in [5.41, 5.74) is 3.10. The smallest absolute Gasteiger partial charge is 0.327 e. The zero-order valence-corrected chi connectivity index (χ0v) is 31.1. The minimum Gasteiger partial charge on any atom is -0.458 e. The Labute approximate surface area is 319 Å². The number of rotatable bonds is 11. The fourth-order valence-electron chi connectivity index (χ4n) is 9.04. The first-order valence-electron chi connectivity index (χ1n) is 18.8. The molecular formula is C42H46N4O9. The molecule has 7 unspecified atom stereocenters. The lowest BCUT2D eigenvalue weighted by Crippen LogP contribution is -2.70. The third kappa shape index (κ3) is 6.63. The van der Waals surface area contributed by atoms with E-state index in [4.69, 9.17) is 19.0 Å². The molecule has 3 amide bonds. The molecule has 0 radical (unpaired) electrons. The van der Waals surface area contributed by atoms with E-state index >= 15 is 4.79 Å². The normalized spacial score (nSPS) is 27.7.